The molecule has 0 aromatic heterocycles. The number of nitrogens with zero attached hydrogens (tertiary/aromatic N) is 6. The molecule has 0 aliphatic heterocycles. The van der Waals surface area contributed by atoms with Gasteiger partial charge in [0.1, 0.15) is 12.1 Å². The van der Waals surface area contributed by atoms with Gasteiger partial charge in [0, 0.05) is 17.1 Å². The van der Waals surface area contributed by atoms with Crippen molar-refractivity contribution in [3.8, 4) is 40.5 Å². The number of hydrogen-bond acceptors (Lipinski definition) is 4. The molecule has 0 aliphatic carbocycles. The Balaban J connectivity index is 1.53. The normalized spacial score (nSPS) is 9.83. The Morgan fingerprint density at radius 3 is 1.41 bits per heavy atom. The Labute approximate surface area is 238 Å². The van der Waals surface area contributed by atoms with E-state index in [0.717, 1.165) is 39.3 Å². The zero-order valence-corrected chi connectivity index (χ0v) is 21.6. The lowest BCUT2D eigenvalue weighted by atomic mass is 9.99. The Morgan fingerprint density at radius 2 is 0.927 bits per heavy atom. The molecule has 0 fully saturated rings. The van der Waals surface area contributed by atoms with Crippen LogP contribution in [0, 0.1) is 47.1 Å². The third-order valence-corrected chi connectivity index (χ3v) is 6.65. The highest BCUT2D eigenvalue weighted by atomic mass is 15.1. The van der Waals surface area contributed by atoms with Crippen LogP contribution < -0.4 is 4.90 Å². The standard InChI is InChI=1S/C35H18N6/c1-39-34-18-11-28(20-35(34)40-2)26-9-16-33(17-10-26)41(31-12-3-24(21-36)4-13-31)32-14-7-25(8-15-32)27-5-6-29(22-37)30(19-27)23-38/h3-20H. The molecule has 0 radical (unpaired) electrons. The first-order valence-corrected chi connectivity index (χ1v) is 12.4. The van der Waals surface area contributed by atoms with Crippen LogP contribution in [0.1, 0.15) is 16.7 Å². The van der Waals surface area contributed by atoms with Crippen LogP contribution in [-0.4, -0.2) is 0 Å². The van der Waals surface area contributed by atoms with Gasteiger partial charge in [0.15, 0.2) is 11.4 Å². The highest BCUT2D eigenvalue weighted by molar-refractivity contribution is 5.82. The van der Waals surface area contributed by atoms with Gasteiger partial charge >= 0.3 is 0 Å². The van der Waals surface area contributed by atoms with Gasteiger partial charge in [-0.1, -0.05) is 48.5 Å². The summed E-state index contributed by atoms with van der Waals surface area (Å²) < 4.78 is 0. The third-order valence-electron chi connectivity index (χ3n) is 6.65. The predicted octanol–water partition coefficient (Wildman–Crippen LogP) is 9.21. The molecule has 6 heteroatoms. The lowest BCUT2D eigenvalue weighted by Crippen LogP contribution is -2.09. The Morgan fingerprint density at radius 1 is 0.463 bits per heavy atom. The van der Waals surface area contributed by atoms with Crippen molar-refractivity contribution in [2.24, 2.45) is 0 Å². The summed E-state index contributed by atoms with van der Waals surface area (Å²) in [5, 5.41) is 27.9. The van der Waals surface area contributed by atoms with E-state index in [1.165, 1.54) is 0 Å². The first kappa shape index (κ1) is 26.0. The van der Waals surface area contributed by atoms with Crippen molar-refractivity contribution in [2.75, 3.05) is 4.90 Å². The molecule has 0 spiro atoms. The number of rotatable bonds is 5. The maximum absolute atomic E-state index is 9.42. The molecule has 188 valence electrons. The molecule has 0 unspecified atom stereocenters. The fraction of sp³-hybridized carbons (Fsp3) is 0. The zero-order valence-electron chi connectivity index (χ0n) is 21.6. The van der Waals surface area contributed by atoms with E-state index in [2.05, 4.69) is 26.7 Å². The molecular formula is C35H18N6. The summed E-state index contributed by atoms with van der Waals surface area (Å²) >= 11 is 0. The van der Waals surface area contributed by atoms with Crippen molar-refractivity contribution < 1.29 is 0 Å². The van der Waals surface area contributed by atoms with Gasteiger partial charge < -0.3 is 4.90 Å². The molecule has 0 bridgehead atoms. The summed E-state index contributed by atoms with van der Waals surface area (Å²) in [7, 11) is 0. The van der Waals surface area contributed by atoms with E-state index >= 15 is 0 Å². The van der Waals surface area contributed by atoms with Crippen LogP contribution >= 0.6 is 0 Å². The molecule has 41 heavy (non-hydrogen) atoms. The zero-order chi connectivity index (χ0) is 28.8. The molecule has 0 aliphatic rings. The fourth-order valence-corrected chi connectivity index (χ4v) is 4.54. The number of benzene rings is 5. The maximum atomic E-state index is 9.42. The predicted molar refractivity (Wildman–Crippen MR) is 159 cm³/mol. The van der Waals surface area contributed by atoms with Crippen LogP contribution in [0.25, 0.3) is 31.9 Å². The monoisotopic (exact) mass is 522 g/mol. The van der Waals surface area contributed by atoms with E-state index in [1.54, 1.807) is 36.4 Å². The molecule has 5 aromatic rings. The molecule has 5 aromatic carbocycles. The van der Waals surface area contributed by atoms with Crippen LogP contribution in [0.2, 0.25) is 0 Å². The second kappa shape index (κ2) is 11.4. The van der Waals surface area contributed by atoms with Gasteiger partial charge in [-0.05, 0) is 82.9 Å². The molecular weight excluding hydrogens is 504 g/mol. The average molecular weight is 523 g/mol. The van der Waals surface area contributed by atoms with Crippen LogP contribution in [-0.2, 0) is 0 Å². The van der Waals surface area contributed by atoms with Crippen LogP contribution in [0.15, 0.2) is 109 Å². The van der Waals surface area contributed by atoms with E-state index in [4.69, 9.17) is 13.1 Å². The van der Waals surface area contributed by atoms with Gasteiger partial charge in [-0.3, -0.25) is 9.69 Å². The molecule has 0 amide bonds. The van der Waals surface area contributed by atoms with Gasteiger partial charge in [-0.15, -0.1) is 0 Å². The van der Waals surface area contributed by atoms with Gasteiger partial charge in [-0.2, -0.15) is 15.8 Å². The van der Waals surface area contributed by atoms with E-state index in [1.807, 2.05) is 78.9 Å². The highest BCUT2D eigenvalue weighted by Crippen LogP contribution is 2.38. The molecule has 6 nitrogen and oxygen atoms in total. The van der Waals surface area contributed by atoms with Crippen LogP contribution in [0.3, 0.4) is 0 Å². The van der Waals surface area contributed by atoms with Crippen molar-refractivity contribution >= 4 is 28.4 Å². The molecule has 0 atom stereocenters. The summed E-state index contributed by atoms with van der Waals surface area (Å²) in [6, 6.07) is 39.9. The fourth-order valence-electron chi connectivity index (χ4n) is 4.54. The summed E-state index contributed by atoms with van der Waals surface area (Å²) in [6.45, 7) is 14.7. The summed E-state index contributed by atoms with van der Waals surface area (Å²) in [4.78, 5) is 8.98. The Kier molecular flexibility index (Phi) is 7.22. The lowest BCUT2D eigenvalue weighted by molar-refractivity contribution is 1.28. The minimum Gasteiger partial charge on any atom is -0.311 e. The van der Waals surface area contributed by atoms with E-state index in [9.17, 15) is 15.8 Å². The highest BCUT2D eigenvalue weighted by Gasteiger charge is 2.14. The second-order valence-electron chi connectivity index (χ2n) is 9.00. The first-order valence-electron chi connectivity index (χ1n) is 12.4. The quantitative estimate of drug-likeness (QED) is 0.215. The lowest BCUT2D eigenvalue weighted by Gasteiger charge is -2.26. The summed E-state index contributed by atoms with van der Waals surface area (Å²) in [5.41, 5.74) is 8.05. The van der Waals surface area contributed by atoms with Crippen molar-refractivity contribution in [3.63, 3.8) is 0 Å². The average Bonchev–Trinajstić information content (AvgIpc) is 3.05. The second-order valence-corrected chi connectivity index (χ2v) is 9.00. The van der Waals surface area contributed by atoms with E-state index in [-0.39, 0.29) is 0 Å². The largest absolute Gasteiger partial charge is 0.311 e. The molecule has 0 saturated heterocycles. The van der Waals surface area contributed by atoms with Crippen molar-refractivity contribution in [1.29, 1.82) is 15.8 Å². The summed E-state index contributed by atoms with van der Waals surface area (Å²) in [5.74, 6) is 0. The van der Waals surface area contributed by atoms with Gasteiger partial charge in [0.2, 0.25) is 0 Å². The Hall–Kier alpha value is -6.65. The molecule has 5 rings (SSSR count). The molecule has 0 N–H and O–H groups in total. The van der Waals surface area contributed by atoms with Crippen molar-refractivity contribution in [1.82, 2.24) is 0 Å². The van der Waals surface area contributed by atoms with E-state index in [0.29, 0.717) is 28.1 Å². The molecule has 0 heterocycles. The number of nitriles is 3. The topological polar surface area (TPSA) is 83.3 Å². The SMILES string of the molecule is [C-]#[N+]c1ccc(-c2ccc(N(c3ccc(C#N)cc3)c3ccc(-c4ccc(C#N)c(C#N)c4)cc3)cc2)cc1[N+]#[C-]. The minimum absolute atomic E-state index is 0.324. The first-order chi connectivity index (χ1) is 20.1. The molecule has 0 saturated carbocycles. The van der Waals surface area contributed by atoms with Gasteiger partial charge in [0.25, 0.3) is 0 Å². The van der Waals surface area contributed by atoms with Gasteiger partial charge in [0.05, 0.1) is 35.9 Å². The minimum atomic E-state index is 0.324. The third kappa shape index (κ3) is 5.21. The van der Waals surface area contributed by atoms with Gasteiger partial charge in [-0.25, -0.2) is 0 Å². The van der Waals surface area contributed by atoms with Crippen LogP contribution in [0.4, 0.5) is 28.4 Å². The Bertz CT molecular complexity index is 1850. The summed E-state index contributed by atoms with van der Waals surface area (Å²) in [6.07, 6.45) is 0. The maximum Gasteiger partial charge on any atom is 0.195 e. The van der Waals surface area contributed by atoms with E-state index < -0.39 is 0 Å². The smallest absolute Gasteiger partial charge is 0.195 e. The number of hydrogen-bond donors (Lipinski definition) is 0. The van der Waals surface area contributed by atoms with Crippen molar-refractivity contribution in [2.45, 2.75) is 0 Å². The van der Waals surface area contributed by atoms with Crippen LogP contribution in [0.5, 0.6) is 0 Å². The van der Waals surface area contributed by atoms with Crippen molar-refractivity contribution in [3.05, 3.63) is 149 Å². The number of anilines is 3.